The number of anilines is 1. The summed E-state index contributed by atoms with van der Waals surface area (Å²) in [6.45, 7) is -0.0339. The fourth-order valence-electron chi connectivity index (χ4n) is 3.11. The van der Waals surface area contributed by atoms with Gasteiger partial charge in [-0.15, -0.1) is 0 Å². The van der Waals surface area contributed by atoms with E-state index in [1.807, 2.05) is 24.3 Å². The van der Waals surface area contributed by atoms with Crippen molar-refractivity contribution in [2.24, 2.45) is 0 Å². The summed E-state index contributed by atoms with van der Waals surface area (Å²) in [7, 11) is 0. The third-order valence-electron chi connectivity index (χ3n) is 4.62. The van der Waals surface area contributed by atoms with Crippen molar-refractivity contribution in [2.45, 2.75) is 24.9 Å². The third kappa shape index (κ3) is 4.48. The van der Waals surface area contributed by atoms with Gasteiger partial charge in [0.1, 0.15) is 0 Å². The molecule has 0 aliphatic heterocycles. The molecule has 0 spiro atoms. The Hall–Kier alpha value is -3.26. The number of carbonyl (C=O) groups is 2. The maximum absolute atomic E-state index is 12.0. The molecule has 140 valence electrons. The quantitative estimate of drug-likeness (QED) is 0.429. The minimum Gasteiger partial charge on any atom is -0.388 e. The monoisotopic (exact) mass is 369 g/mol. The molecule has 1 aliphatic carbocycles. The number of carbonyl (C=O) groups excluding carboxylic acids is 2. The van der Waals surface area contributed by atoms with Crippen molar-refractivity contribution < 1.29 is 19.6 Å². The van der Waals surface area contributed by atoms with Crippen molar-refractivity contribution in [3.63, 3.8) is 0 Å². The minimum absolute atomic E-state index is 0.0339. The van der Waals surface area contributed by atoms with Gasteiger partial charge in [0.05, 0.1) is 10.5 Å². The van der Waals surface area contributed by atoms with Crippen molar-refractivity contribution in [3.8, 4) is 0 Å². The molecule has 0 bridgehead atoms. The predicted octanol–water partition coefficient (Wildman–Crippen LogP) is 1.57. The van der Waals surface area contributed by atoms with E-state index in [0.717, 1.165) is 5.56 Å². The first kappa shape index (κ1) is 18.5. The summed E-state index contributed by atoms with van der Waals surface area (Å²) in [5.41, 5.74) is 1.28. The van der Waals surface area contributed by atoms with Crippen LogP contribution in [-0.2, 0) is 22.4 Å². The van der Waals surface area contributed by atoms with Crippen LogP contribution in [0.25, 0.3) is 0 Å². The Morgan fingerprint density at radius 3 is 2.41 bits per heavy atom. The van der Waals surface area contributed by atoms with Crippen LogP contribution in [0.3, 0.4) is 0 Å². The number of fused-ring (bicyclic) bond motifs is 1. The van der Waals surface area contributed by atoms with E-state index in [1.165, 1.54) is 29.8 Å². The van der Waals surface area contributed by atoms with Crippen LogP contribution in [0.1, 0.15) is 17.5 Å². The average molecular weight is 369 g/mol. The van der Waals surface area contributed by atoms with Crippen LogP contribution in [0.4, 0.5) is 11.4 Å². The van der Waals surface area contributed by atoms with Gasteiger partial charge in [0.25, 0.3) is 5.69 Å². The molecule has 0 saturated carbocycles. The number of aliphatic hydroxyl groups is 1. The second kappa shape index (κ2) is 7.55. The molecule has 0 saturated heterocycles. The molecule has 3 rings (SSSR count). The van der Waals surface area contributed by atoms with Gasteiger partial charge in [-0.1, -0.05) is 24.3 Å². The van der Waals surface area contributed by atoms with Crippen molar-refractivity contribution in [1.29, 1.82) is 0 Å². The molecule has 0 fully saturated rings. The molecule has 27 heavy (non-hydrogen) atoms. The van der Waals surface area contributed by atoms with Crippen molar-refractivity contribution >= 4 is 23.2 Å². The zero-order chi connectivity index (χ0) is 19.4. The Morgan fingerprint density at radius 1 is 1.07 bits per heavy atom. The molecule has 0 heterocycles. The second-order valence-corrected chi connectivity index (χ2v) is 6.61. The number of hydrogen-bond donors (Lipinski definition) is 3. The minimum atomic E-state index is -1.10. The van der Waals surface area contributed by atoms with E-state index in [9.17, 15) is 24.8 Å². The highest BCUT2D eigenvalue weighted by atomic mass is 16.6. The number of hydrogen-bond acceptors (Lipinski definition) is 5. The summed E-state index contributed by atoms with van der Waals surface area (Å²) >= 11 is 0. The molecule has 0 radical (unpaired) electrons. The summed E-state index contributed by atoms with van der Waals surface area (Å²) in [5, 5.41) is 26.2. The van der Waals surface area contributed by atoms with Crippen molar-refractivity contribution in [2.75, 3.05) is 11.9 Å². The Bertz CT molecular complexity index is 881. The number of rotatable bonds is 4. The van der Waals surface area contributed by atoms with Crippen molar-refractivity contribution in [3.05, 3.63) is 69.8 Å². The van der Waals surface area contributed by atoms with Crippen LogP contribution in [-0.4, -0.2) is 34.0 Å². The fraction of sp³-hybridized carbons (Fsp3) is 0.263. The van der Waals surface area contributed by atoms with Gasteiger partial charge in [-0.25, -0.2) is 0 Å². The molecule has 1 aliphatic rings. The summed E-state index contributed by atoms with van der Waals surface area (Å²) < 4.78 is 0. The normalized spacial score (nSPS) is 18.3. The number of nitrogens with zero attached hydrogens (tertiary/aromatic N) is 1. The van der Waals surface area contributed by atoms with E-state index in [1.54, 1.807) is 0 Å². The predicted molar refractivity (Wildman–Crippen MR) is 98.2 cm³/mol. The Morgan fingerprint density at radius 2 is 1.74 bits per heavy atom. The standard InChI is InChI=1S/C19H19N3O5/c23-17(18(24)21-15-5-7-16(8-6-15)22(26)27)20-12-19(25)10-9-13-3-1-2-4-14(13)11-19/h1-8,25H,9-12H2,(H,20,23)(H,21,24). The molecule has 1 unspecified atom stereocenters. The van der Waals surface area contributed by atoms with Crippen LogP contribution < -0.4 is 10.6 Å². The topological polar surface area (TPSA) is 122 Å². The van der Waals surface area contributed by atoms with E-state index in [2.05, 4.69) is 10.6 Å². The summed E-state index contributed by atoms with van der Waals surface area (Å²) in [6, 6.07) is 13.0. The highest BCUT2D eigenvalue weighted by Gasteiger charge is 2.32. The van der Waals surface area contributed by atoms with Gasteiger partial charge in [-0.3, -0.25) is 19.7 Å². The number of nitrogens with one attached hydrogen (secondary N) is 2. The molecule has 2 amide bonds. The number of amides is 2. The van der Waals surface area contributed by atoms with E-state index in [4.69, 9.17) is 0 Å². The molecule has 2 aromatic carbocycles. The number of aryl methyl sites for hydroxylation is 1. The lowest BCUT2D eigenvalue weighted by Gasteiger charge is -2.33. The largest absolute Gasteiger partial charge is 0.388 e. The highest BCUT2D eigenvalue weighted by Crippen LogP contribution is 2.28. The highest BCUT2D eigenvalue weighted by molar-refractivity contribution is 6.39. The Kier molecular flexibility index (Phi) is 5.18. The lowest BCUT2D eigenvalue weighted by Crippen LogP contribution is -2.49. The number of nitro groups is 1. The van der Waals surface area contributed by atoms with Crippen LogP contribution in [0.5, 0.6) is 0 Å². The Labute approximate surface area is 155 Å². The van der Waals surface area contributed by atoms with Gasteiger partial charge in [0, 0.05) is 30.8 Å². The van der Waals surface area contributed by atoms with E-state index in [0.29, 0.717) is 19.3 Å². The maximum atomic E-state index is 12.0. The number of benzene rings is 2. The van der Waals surface area contributed by atoms with E-state index < -0.39 is 22.3 Å². The zero-order valence-corrected chi connectivity index (χ0v) is 14.5. The van der Waals surface area contributed by atoms with Gasteiger partial charge in [0.2, 0.25) is 0 Å². The summed E-state index contributed by atoms with van der Waals surface area (Å²) in [6.07, 6.45) is 1.61. The first-order valence-electron chi connectivity index (χ1n) is 8.49. The SMILES string of the molecule is O=C(NCC1(O)CCc2ccccc2C1)C(=O)Nc1ccc([N+](=O)[O-])cc1. The number of non-ortho nitro benzene ring substituents is 1. The Balaban J connectivity index is 1.54. The van der Waals surface area contributed by atoms with Crippen LogP contribution in [0.2, 0.25) is 0 Å². The van der Waals surface area contributed by atoms with Gasteiger partial charge in [-0.05, 0) is 36.1 Å². The average Bonchev–Trinajstić information content (AvgIpc) is 2.66. The lowest BCUT2D eigenvalue weighted by atomic mass is 9.80. The number of nitro benzene ring substituents is 1. The van der Waals surface area contributed by atoms with Crippen LogP contribution in [0, 0.1) is 10.1 Å². The molecular formula is C19H19N3O5. The molecule has 3 N–H and O–H groups in total. The summed E-state index contributed by atoms with van der Waals surface area (Å²) in [5.74, 6) is -1.77. The smallest absolute Gasteiger partial charge is 0.313 e. The molecule has 1 atom stereocenters. The van der Waals surface area contributed by atoms with Gasteiger partial charge >= 0.3 is 11.8 Å². The maximum Gasteiger partial charge on any atom is 0.313 e. The van der Waals surface area contributed by atoms with Gasteiger partial charge in [0.15, 0.2) is 0 Å². The van der Waals surface area contributed by atoms with Crippen LogP contribution in [0.15, 0.2) is 48.5 Å². The first-order chi connectivity index (χ1) is 12.9. The van der Waals surface area contributed by atoms with Crippen LogP contribution >= 0.6 is 0 Å². The molecule has 8 nitrogen and oxygen atoms in total. The zero-order valence-electron chi connectivity index (χ0n) is 14.5. The molecular weight excluding hydrogens is 350 g/mol. The molecule has 8 heteroatoms. The lowest BCUT2D eigenvalue weighted by molar-refractivity contribution is -0.384. The molecule has 0 aromatic heterocycles. The van der Waals surface area contributed by atoms with Gasteiger partial charge < -0.3 is 15.7 Å². The second-order valence-electron chi connectivity index (χ2n) is 6.61. The van der Waals surface area contributed by atoms with Crippen molar-refractivity contribution in [1.82, 2.24) is 5.32 Å². The van der Waals surface area contributed by atoms with E-state index in [-0.39, 0.29) is 17.9 Å². The molecule has 2 aromatic rings. The van der Waals surface area contributed by atoms with E-state index >= 15 is 0 Å². The van der Waals surface area contributed by atoms with Gasteiger partial charge in [-0.2, -0.15) is 0 Å². The third-order valence-corrected chi connectivity index (χ3v) is 4.62. The first-order valence-corrected chi connectivity index (χ1v) is 8.49. The summed E-state index contributed by atoms with van der Waals surface area (Å²) in [4.78, 5) is 34.0. The fourth-order valence-corrected chi connectivity index (χ4v) is 3.11.